The van der Waals surface area contributed by atoms with Crippen LogP contribution in [0.4, 0.5) is 0 Å². The monoisotopic (exact) mass is 324 g/mol. The van der Waals surface area contributed by atoms with Crippen molar-refractivity contribution in [3.63, 3.8) is 0 Å². The third-order valence-electron chi connectivity index (χ3n) is 4.42. The van der Waals surface area contributed by atoms with Gasteiger partial charge in [0.1, 0.15) is 11.8 Å². The van der Waals surface area contributed by atoms with E-state index in [0.29, 0.717) is 12.8 Å². The number of nitrogens with two attached hydrogens (primary N) is 1. The molecule has 0 radical (unpaired) electrons. The zero-order valence-electron chi connectivity index (χ0n) is 14.5. The highest BCUT2D eigenvalue weighted by Gasteiger charge is 2.44. The molecule has 6 heteroatoms. The Labute approximate surface area is 137 Å². The maximum atomic E-state index is 12.4. The minimum Gasteiger partial charge on any atom is -0.328 e. The van der Waals surface area contributed by atoms with Gasteiger partial charge in [-0.15, -0.1) is 0 Å². The van der Waals surface area contributed by atoms with Gasteiger partial charge in [0.2, 0.25) is 11.8 Å². The van der Waals surface area contributed by atoms with Crippen molar-refractivity contribution >= 4 is 23.4 Å². The highest BCUT2D eigenvalue weighted by molar-refractivity contribution is 6.07. The molecule has 0 aromatic carbocycles. The fraction of sp³-hybridized carbons (Fsp3) is 0.765. The van der Waals surface area contributed by atoms with Crippen molar-refractivity contribution in [2.24, 2.45) is 23.5 Å². The molecule has 6 nitrogen and oxygen atoms in total. The number of likely N-dealkylation sites (tertiary alicyclic amines) is 1. The number of ketones is 2. The van der Waals surface area contributed by atoms with Gasteiger partial charge < -0.3 is 5.73 Å². The van der Waals surface area contributed by atoms with E-state index in [2.05, 4.69) is 0 Å². The van der Waals surface area contributed by atoms with Gasteiger partial charge in [-0.2, -0.15) is 0 Å². The van der Waals surface area contributed by atoms with Gasteiger partial charge in [0.05, 0.1) is 0 Å². The summed E-state index contributed by atoms with van der Waals surface area (Å²) >= 11 is 0. The summed E-state index contributed by atoms with van der Waals surface area (Å²) in [6.45, 7) is 7.34. The Morgan fingerprint density at radius 2 is 1.70 bits per heavy atom. The van der Waals surface area contributed by atoms with Crippen LogP contribution in [0.5, 0.6) is 0 Å². The molecule has 130 valence electrons. The molecule has 1 fully saturated rings. The Hall–Kier alpha value is -1.56. The molecule has 0 saturated carbocycles. The second kappa shape index (κ2) is 8.34. The average Bonchev–Trinajstić information content (AvgIpc) is 2.76. The number of imide groups is 1. The normalized spacial score (nSPS) is 19.8. The molecule has 2 unspecified atom stereocenters. The first-order valence-electron chi connectivity index (χ1n) is 8.32. The predicted octanol–water partition coefficient (Wildman–Crippen LogP) is 1.31. The van der Waals surface area contributed by atoms with Gasteiger partial charge in [0.15, 0.2) is 5.78 Å². The van der Waals surface area contributed by atoms with Crippen LogP contribution in [-0.4, -0.2) is 40.9 Å². The van der Waals surface area contributed by atoms with E-state index < -0.39 is 6.04 Å². The molecule has 1 saturated heterocycles. The van der Waals surface area contributed by atoms with Gasteiger partial charge in [0, 0.05) is 37.6 Å². The summed E-state index contributed by atoms with van der Waals surface area (Å²) in [6.07, 6.45) is 1.06. The van der Waals surface area contributed by atoms with E-state index in [1.807, 2.05) is 27.7 Å². The van der Waals surface area contributed by atoms with E-state index >= 15 is 0 Å². The minimum absolute atomic E-state index is 0.0497. The first-order chi connectivity index (χ1) is 10.7. The molecule has 1 aliphatic rings. The zero-order valence-corrected chi connectivity index (χ0v) is 14.5. The van der Waals surface area contributed by atoms with Crippen LogP contribution in [0.25, 0.3) is 0 Å². The van der Waals surface area contributed by atoms with Crippen LogP contribution < -0.4 is 5.73 Å². The fourth-order valence-electron chi connectivity index (χ4n) is 2.80. The summed E-state index contributed by atoms with van der Waals surface area (Å²) in [6, 6.07) is -0.895. The van der Waals surface area contributed by atoms with E-state index in [9.17, 15) is 19.2 Å². The summed E-state index contributed by atoms with van der Waals surface area (Å²) in [5.74, 6) is -1.13. The summed E-state index contributed by atoms with van der Waals surface area (Å²) in [4.78, 5) is 49.5. The molecule has 1 heterocycles. The molecule has 0 spiro atoms. The lowest BCUT2D eigenvalue weighted by atomic mass is 9.94. The number of nitrogens with zero attached hydrogens (tertiary/aromatic N) is 1. The Balaban J connectivity index is 2.68. The molecule has 0 aromatic rings. The molecule has 0 bridgehead atoms. The molecule has 2 atom stereocenters. The maximum Gasteiger partial charge on any atom is 0.233 e. The average molecular weight is 324 g/mol. The first-order valence-corrected chi connectivity index (χ1v) is 8.32. The van der Waals surface area contributed by atoms with Crippen LogP contribution in [0.2, 0.25) is 0 Å². The number of hydrogen-bond acceptors (Lipinski definition) is 5. The minimum atomic E-state index is -0.895. The van der Waals surface area contributed by atoms with Crippen molar-refractivity contribution in [3.8, 4) is 0 Å². The van der Waals surface area contributed by atoms with Crippen molar-refractivity contribution < 1.29 is 19.2 Å². The third kappa shape index (κ3) is 4.70. The van der Waals surface area contributed by atoms with Crippen molar-refractivity contribution in [1.82, 2.24) is 4.90 Å². The number of amides is 2. The van der Waals surface area contributed by atoms with Gasteiger partial charge >= 0.3 is 0 Å². The zero-order chi connectivity index (χ0) is 17.7. The molecule has 1 rings (SSSR count). The largest absolute Gasteiger partial charge is 0.328 e. The van der Waals surface area contributed by atoms with E-state index in [4.69, 9.17) is 5.73 Å². The number of Topliss-reactive ketones (excluding diaryl/α,β-unsaturated/α-hetero) is 2. The fourth-order valence-corrected chi connectivity index (χ4v) is 2.80. The smallest absolute Gasteiger partial charge is 0.233 e. The van der Waals surface area contributed by atoms with Crippen molar-refractivity contribution in [2.75, 3.05) is 6.54 Å². The van der Waals surface area contributed by atoms with Crippen LogP contribution >= 0.6 is 0 Å². The number of rotatable bonds is 9. The third-order valence-corrected chi connectivity index (χ3v) is 4.42. The van der Waals surface area contributed by atoms with Crippen molar-refractivity contribution in [1.29, 1.82) is 0 Å². The molecular formula is C17H28N2O4. The molecule has 0 aromatic heterocycles. The lowest BCUT2D eigenvalue weighted by Gasteiger charge is -2.24. The standard InChI is InChI=1S/C17H28N2O4/c1-10(2)12-8-16(22)19(17(12)23)13(9-18)15(21)7-5-6-14(20)11(3)4/h10-13H,5-9,18H2,1-4H3. The van der Waals surface area contributed by atoms with Gasteiger partial charge in [-0.25, -0.2) is 0 Å². The van der Waals surface area contributed by atoms with Gasteiger partial charge in [-0.05, 0) is 12.3 Å². The number of carbonyl (C=O) groups excluding carboxylic acids is 4. The van der Waals surface area contributed by atoms with E-state index in [-0.39, 0.29) is 60.5 Å². The molecular weight excluding hydrogens is 296 g/mol. The molecule has 1 aliphatic heterocycles. The lowest BCUT2D eigenvalue weighted by molar-refractivity contribution is -0.147. The van der Waals surface area contributed by atoms with E-state index in [1.54, 1.807) is 0 Å². The lowest BCUT2D eigenvalue weighted by Crippen LogP contribution is -2.49. The topological polar surface area (TPSA) is 97.5 Å². The Bertz CT molecular complexity index is 485. The first kappa shape index (κ1) is 19.5. The highest BCUT2D eigenvalue weighted by atomic mass is 16.2. The maximum absolute atomic E-state index is 12.4. The van der Waals surface area contributed by atoms with Crippen LogP contribution in [0, 0.1) is 17.8 Å². The second-order valence-corrected chi connectivity index (χ2v) is 6.85. The molecule has 0 aliphatic carbocycles. The van der Waals surface area contributed by atoms with Crippen molar-refractivity contribution in [3.05, 3.63) is 0 Å². The SMILES string of the molecule is CC(C)C(=O)CCCC(=O)C(CN)N1C(=O)CC(C(C)C)C1=O. The van der Waals surface area contributed by atoms with Gasteiger partial charge in [-0.1, -0.05) is 27.7 Å². The molecule has 23 heavy (non-hydrogen) atoms. The number of carbonyl (C=O) groups is 4. The molecule has 2 N–H and O–H groups in total. The highest BCUT2D eigenvalue weighted by Crippen LogP contribution is 2.28. The summed E-state index contributed by atoms with van der Waals surface area (Å²) < 4.78 is 0. The van der Waals surface area contributed by atoms with Crippen LogP contribution in [0.1, 0.15) is 53.4 Å². The Morgan fingerprint density at radius 3 is 2.13 bits per heavy atom. The van der Waals surface area contributed by atoms with Crippen LogP contribution in [0.3, 0.4) is 0 Å². The summed E-state index contributed by atoms with van der Waals surface area (Å²) in [7, 11) is 0. The summed E-state index contributed by atoms with van der Waals surface area (Å²) in [5, 5.41) is 0. The van der Waals surface area contributed by atoms with Gasteiger partial charge in [-0.3, -0.25) is 24.1 Å². The Morgan fingerprint density at radius 1 is 1.13 bits per heavy atom. The Kier molecular flexibility index (Phi) is 7.06. The van der Waals surface area contributed by atoms with Crippen molar-refractivity contribution in [2.45, 2.75) is 59.4 Å². The quantitative estimate of drug-likeness (QED) is 0.645. The summed E-state index contributed by atoms with van der Waals surface area (Å²) in [5.41, 5.74) is 5.65. The van der Waals surface area contributed by atoms with Crippen LogP contribution in [-0.2, 0) is 19.2 Å². The second-order valence-electron chi connectivity index (χ2n) is 6.85. The number of hydrogen-bond donors (Lipinski definition) is 1. The van der Waals surface area contributed by atoms with E-state index in [1.165, 1.54) is 0 Å². The predicted molar refractivity (Wildman–Crippen MR) is 86.3 cm³/mol. The van der Waals surface area contributed by atoms with Crippen LogP contribution in [0.15, 0.2) is 0 Å². The molecule has 2 amide bonds. The van der Waals surface area contributed by atoms with E-state index in [0.717, 1.165) is 4.90 Å². The van der Waals surface area contributed by atoms with Gasteiger partial charge in [0.25, 0.3) is 0 Å².